The van der Waals surface area contributed by atoms with Crippen LogP contribution in [0.5, 0.6) is 0 Å². The molecule has 128 valence electrons. The van der Waals surface area contributed by atoms with Crippen molar-refractivity contribution in [2.45, 2.75) is 38.5 Å². The van der Waals surface area contributed by atoms with E-state index in [1.54, 1.807) is 12.0 Å². The van der Waals surface area contributed by atoms with Crippen LogP contribution in [-0.4, -0.2) is 36.3 Å². The van der Waals surface area contributed by atoms with Gasteiger partial charge in [-0.2, -0.15) is 4.98 Å². The maximum Gasteiger partial charge on any atom is 0.232 e. The zero-order chi connectivity index (χ0) is 17.1. The fraction of sp³-hybridized carbons (Fsp3) is 0.500. The average molecular weight is 329 g/mol. The van der Waals surface area contributed by atoms with Crippen molar-refractivity contribution in [3.63, 3.8) is 0 Å². The third-order valence-corrected chi connectivity index (χ3v) is 4.36. The van der Waals surface area contributed by atoms with Gasteiger partial charge in [-0.3, -0.25) is 4.79 Å². The molecule has 3 rings (SSSR count). The van der Waals surface area contributed by atoms with Gasteiger partial charge in [-0.1, -0.05) is 31.1 Å². The quantitative estimate of drug-likeness (QED) is 0.815. The molecule has 1 aliphatic heterocycles. The van der Waals surface area contributed by atoms with E-state index in [0.717, 1.165) is 5.69 Å². The molecule has 1 unspecified atom stereocenters. The summed E-state index contributed by atoms with van der Waals surface area (Å²) in [5.74, 6) is 1.68. The second-order valence-electron chi connectivity index (χ2n) is 6.44. The molecule has 0 spiro atoms. The second kappa shape index (κ2) is 7.13. The highest BCUT2D eigenvalue weighted by Crippen LogP contribution is 2.31. The highest BCUT2D eigenvalue weighted by molar-refractivity contribution is 5.96. The van der Waals surface area contributed by atoms with Crippen LogP contribution >= 0.6 is 0 Å². The third kappa shape index (κ3) is 3.48. The van der Waals surface area contributed by atoms with Crippen LogP contribution in [0.2, 0.25) is 0 Å². The van der Waals surface area contributed by atoms with Gasteiger partial charge in [-0.25, -0.2) is 0 Å². The zero-order valence-electron chi connectivity index (χ0n) is 14.4. The summed E-state index contributed by atoms with van der Waals surface area (Å²) >= 11 is 0. The van der Waals surface area contributed by atoms with Crippen molar-refractivity contribution >= 4 is 11.6 Å². The first kappa shape index (κ1) is 16.6. The molecule has 1 aliphatic rings. The molecule has 0 radical (unpaired) electrons. The minimum Gasteiger partial charge on any atom is -0.384 e. The van der Waals surface area contributed by atoms with Gasteiger partial charge in [-0.05, 0) is 23.6 Å². The number of carbonyl (C=O) groups excluding carboxylic acids is 1. The van der Waals surface area contributed by atoms with Crippen molar-refractivity contribution in [1.82, 2.24) is 10.1 Å². The Morgan fingerprint density at radius 2 is 2.08 bits per heavy atom. The van der Waals surface area contributed by atoms with Gasteiger partial charge in [0.05, 0.1) is 12.5 Å². The van der Waals surface area contributed by atoms with Crippen LogP contribution in [0.1, 0.15) is 49.4 Å². The Balaban J connectivity index is 1.70. The van der Waals surface area contributed by atoms with Gasteiger partial charge in [0.2, 0.25) is 11.8 Å². The summed E-state index contributed by atoms with van der Waals surface area (Å²) in [5.41, 5.74) is 2.19. The van der Waals surface area contributed by atoms with E-state index in [1.165, 1.54) is 5.56 Å². The number of anilines is 1. The van der Waals surface area contributed by atoms with Gasteiger partial charge in [-0.15, -0.1) is 0 Å². The lowest BCUT2D eigenvalue weighted by atomic mass is 10.0. The highest BCUT2D eigenvalue weighted by Gasteiger charge is 2.35. The van der Waals surface area contributed by atoms with E-state index in [0.29, 0.717) is 43.6 Å². The molecule has 0 N–H and O–H groups in total. The molecule has 1 saturated heterocycles. The largest absolute Gasteiger partial charge is 0.384 e. The number of methoxy groups -OCH3 is 1. The molecular weight excluding hydrogens is 306 g/mol. The van der Waals surface area contributed by atoms with Gasteiger partial charge >= 0.3 is 0 Å². The summed E-state index contributed by atoms with van der Waals surface area (Å²) in [5, 5.41) is 3.96. The van der Waals surface area contributed by atoms with E-state index < -0.39 is 0 Å². The van der Waals surface area contributed by atoms with Gasteiger partial charge in [0.1, 0.15) is 0 Å². The smallest absolute Gasteiger partial charge is 0.232 e. The number of nitrogens with zero attached hydrogens (tertiary/aromatic N) is 3. The molecule has 0 aliphatic carbocycles. The molecule has 24 heavy (non-hydrogen) atoms. The SMILES string of the molecule is COCCc1noc(C2CC(=O)N(c3ccc(C(C)C)cc3)C2)n1. The fourth-order valence-electron chi connectivity index (χ4n) is 2.89. The van der Waals surface area contributed by atoms with Crippen LogP contribution in [0.4, 0.5) is 5.69 Å². The van der Waals surface area contributed by atoms with E-state index in [4.69, 9.17) is 9.26 Å². The summed E-state index contributed by atoms with van der Waals surface area (Å²) in [6, 6.07) is 8.17. The van der Waals surface area contributed by atoms with Crippen molar-refractivity contribution in [2.75, 3.05) is 25.2 Å². The molecule has 1 amide bonds. The second-order valence-corrected chi connectivity index (χ2v) is 6.44. The van der Waals surface area contributed by atoms with E-state index in [-0.39, 0.29) is 11.8 Å². The van der Waals surface area contributed by atoms with Gasteiger partial charge in [0, 0.05) is 32.2 Å². The van der Waals surface area contributed by atoms with Crippen LogP contribution in [0.15, 0.2) is 28.8 Å². The predicted molar refractivity (Wildman–Crippen MR) is 90.1 cm³/mol. The Hall–Kier alpha value is -2.21. The Kier molecular flexibility index (Phi) is 4.94. The molecule has 1 atom stereocenters. The molecule has 6 heteroatoms. The number of aromatic nitrogens is 2. The summed E-state index contributed by atoms with van der Waals surface area (Å²) in [4.78, 5) is 18.6. The summed E-state index contributed by atoms with van der Waals surface area (Å²) in [7, 11) is 1.64. The van der Waals surface area contributed by atoms with Crippen molar-refractivity contribution in [3.8, 4) is 0 Å². The molecule has 1 fully saturated rings. The van der Waals surface area contributed by atoms with E-state index in [1.807, 2.05) is 12.1 Å². The molecule has 2 heterocycles. The molecule has 1 aromatic heterocycles. The van der Waals surface area contributed by atoms with Crippen LogP contribution in [0.3, 0.4) is 0 Å². The standard InChI is InChI=1S/C18H23N3O3/c1-12(2)13-4-6-15(7-5-13)21-11-14(10-17(21)22)18-19-16(20-24-18)8-9-23-3/h4-7,12,14H,8-11H2,1-3H3. The Morgan fingerprint density at radius 1 is 1.33 bits per heavy atom. The lowest BCUT2D eigenvalue weighted by Crippen LogP contribution is -2.24. The van der Waals surface area contributed by atoms with Crippen molar-refractivity contribution in [1.29, 1.82) is 0 Å². The molecule has 0 bridgehead atoms. The topological polar surface area (TPSA) is 68.5 Å². The third-order valence-electron chi connectivity index (χ3n) is 4.36. The van der Waals surface area contributed by atoms with Crippen LogP contribution < -0.4 is 4.90 Å². The lowest BCUT2D eigenvalue weighted by Gasteiger charge is -2.17. The normalized spacial score (nSPS) is 17.9. The first-order valence-electron chi connectivity index (χ1n) is 8.30. The van der Waals surface area contributed by atoms with Crippen LogP contribution in [0, 0.1) is 0 Å². The van der Waals surface area contributed by atoms with E-state index in [9.17, 15) is 4.79 Å². The zero-order valence-corrected chi connectivity index (χ0v) is 14.4. The minimum atomic E-state index is -0.0499. The minimum absolute atomic E-state index is 0.0499. The highest BCUT2D eigenvalue weighted by atomic mass is 16.5. The van der Waals surface area contributed by atoms with Crippen LogP contribution in [-0.2, 0) is 16.0 Å². The van der Waals surface area contributed by atoms with Gasteiger partial charge in [0.15, 0.2) is 5.82 Å². The first-order chi connectivity index (χ1) is 11.6. The first-order valence-corrected chi connectivity index (χ1v) is 8.30. The van der Waals surface area contributed by atoms with Gasteiger partial charge < -0.3 is 14.2 Å². The fourth-order valence-corrected chi connectivity index (χ4v) is 2.89. The number of amides is 1. The maximum atomic E-state index is 12.4. The number of ether oxygens (including phenoxy) is 1. The monoisotopic (exact) mass is 329 g/mol. The van der Waals surface area contributed by atoms with Crippen molar-refractivity contribution in [3.05, 3.63) is 41.5 Å². The summed E-state index contributed by atoms with van der Waals surface area (Å²) in [6.07, 6.45) is 1.01. The summed E-state index contributed by atoms with van der Waals surface area (Å²) < 4.78 is 10.3. The van der Waals surface area contributed by atoms with Crippen LogP contribution in [0.25, 0.3) is 0 Å². The summed E-state index contributed by atoms with van der Waals surface area (Å²) in [6.45, 7) is 5.44. The molecule has 6 nitrogen and oxygen atoms in total. The van der Waals surface area contributed by atoms with E-state index in [2.05, 4.69) is 36.1 Å². The molecule has 0 saturated carbocycles. The maximum absolute atomic E-state index is 12.4. The number of benzene rings is 1. The number of hydrogen-bond donors (Lipinski definition) is 0. The molecular formula is C18H23N3O3. The lowest BCUT2D eigenvalue weighted by molar-refractivity contribution is -0.117. The van der Waals surface area contributed by atoms with Gasteiger partial charge in [0.25, 0.3) is 0 Å². The van der Waals surface area contributed by atoms with E-state index >= 15 is 0 Å². The Labute approximate surface area is 141 Å². The number of hydrogen-bond acceptors (Lipinski definition) is 5. The average Bonchev–Trinajstić information content (AvgIpc) is 3.19. The van der Waals surface area contributed by atoms with Crippen molar-refractivity contribution < 1.29 is 14.1 Å². The number of rotatable bonds is 6. The van der Waals surface area contributed by atoms with Crippen molar-refractivity contribution in [2.24, 2.45) is 0 Å². The molecule has 1 aromatic carbocycles. The predicted octanol–water partition coefficient (Wildman–Crippen LogP) is 2.90. The number of carbonyl (C=O) groups is 1. The Bertz CT molecular complexity index is 694. The molecule has 2 aromatic rings. The Morgan fingerprint density at radius 3 is 2.75 bits per heavy atom.